The number of rotatable bonds is 4. The van der Waals surface area contributed by atoms with Crippen molar-refractivity contribution in [1.29, 1.82) is 0 Å². The van der Waals surface area contributed by atoms with E-state index in [2.05, 4.69) is 5.32 Å². The molecule has 2 rings (SSSR count). The Morgan fingerprint density at radius 3 is 2.68 bits per heavy atom. The Bertz CT molecular complexity index is 686. The van der Waals surface area contributed by atoms with Crippen LogP contribution in [0.15, 0.2) is 30.3 Å². The average molecular weight is 326 g/mol. The molecule has 0 atom stereocenters. The number of nitrogens with one attached hydrogen (secondary N) is 1. The molecule has 120 valence electrons. The predicted molar refractivity (Wildman–Crippen MR) is 83.7 cm³/mol. The van der Waals surface area contributed by atoms with Crippen LogP contribution in [0.2, 0.25) is 0 Å². The van der Waals surface area contributed by atoms with Crippen molar-refractivity contribution in [2.75, 3.05) is 31.6 Å². The standard InChI is InChI=1S/C15H19FN2O3S/c1-22(20,21)11-8-17-15(19)18-9-6-12(7-10-18)13-4-2-3-5-14(13)16/h2-6H,7-11H2,1H3,(H,17,19). The second-order valence-electron chi connectivity index (χ2n) is 5.27. The van der Waals surface area contributed by atoms with Crippen LogP contribution in [-0.2, 0) is 9.84 Å². The predicted octanol–water partition coefficient (Wildman–Crippen LogP) is 1.67. The molecule has 0 unspecified atom stereocenters. The summed E-state index contributed by atoms with van der Waals surface area (Å²) in [6, 6.07) is 6.27. The fourth-order valence-electron chi connectivity index (χ4n) is 2.28. The molecule has 7 heteroatoms. The van der Waals surface area contributed by atoms with Gasteiger partial charge in [-0.25, -0.2) is 17.6 Å². The molecule has 1 aromatic carbocycles. The first-order chi connectivity index (χ1) is 10.4. The smallest absolute Gasteiger partial charge is 0.317 e. The van der Waals surface area contributed by atoms with Gasteiger partial charge in [-0.2, -0.15) is 0 Å². The molecule has 2 amide bonds. The summed E-state index contributed by atoms with van der Waals surface area (Å²) >= 11 is 0. The highest BCUT2D eigenvalue weighted by Gasteiger charge is 2.19. The van der Waals surface area contributed by atoms with Crippen molar-refractivity contribution in [3.05, 3.63) is 41.7 Å². The van der Waals surface area contributed by atoms with Crippen LogP contribution in [0, 0.1) is 5.82 Å². The third-order valence-corrected chi connectivity index (χ3v) is 4.41. The van der Waals surface area contributed by atoms with Crippen molar-refractivity contribution < 1.29 is 17.6 Å². The normalized spacial score (nSPS) is 15.4. The lowest BCUT2D eigenvalue weighted by atomic mass is 9.99. The summed E-state index contributed by atoms with van der Waals surface area (Å²) in [7, 11) is -3.09. The fraction of sp³-hybridized carbons (Fsp3) is 0.400. The van der Waals surface area contributed by atoms with Crippen molar-refractivity contribution in [2.24, 2.45) is 0 Å². The Kier molecular flexibility index (Phi) is 5.18. The zero-order chi connectivity index (χ0) is 16.2. The van der Waals surface area contributed by atoms with Crippen molar-refractivity contribution in [1.82, 2.24) is 10.2 Å². The first kappa shape index (κ1) is 16.5. The SMILES string of the molecule is CS(=O)(=O)CCNC(=O)N1CC=C(c2ccccc2F)CC1. The quantitative estimate of drug-likeness (QED) is 0.915. The Hall–Kier alpha value is -1.89. The molecule has 0 aromatic heterocycles. The number of nitrogens with zero attached hydrogens (tertiary/aromatic N) is 1. The van der Waals surface area contributed by atoms with Gasteiger partial charge in [-0.05, 0) is 18.1 Å². The number of amides is 2. The van der Waals surface area contributed by atoms with Gasteiger partial charge in [-0.15, -0.1) is 0 Å². The van der Waals surface area contributed by atoms with Gasteiger partial charge < -0.3 is 10.2 Å². The monoisotopic (exact) mass is 326 g/mol. The molecule has 1 N–H and O–H groups in total. The van der Waals surface area contributed by atoms with Crippen LogP contribution in [-0.4, -0.2) is 51.0 Å². The Morgan fingerprint density at radius 2 is 2.09 bits per heavy atom. The van der Waals surface area contributed by atoms with Crippen LogP contribution in [0.3, 0.4) is 0 Å². The molecule has 0 saturated heterocycles. The van der Waals surface area contributed by atoms with E-state index >= 15 is 0 Å². The van der Waals surface area contributed by atoms with Gasteiger partial charge in [0.2, 0.25) is 0 Å². The number of benzene rings is 1. The molecule has 0 aliphatic carbocycles. The van der Waals surface area contributed by atoms with Gasteiger partial charge in [0.1, 0.15) is 15.7 Å². The average Bonchev–Trinajstić information content (AvgIpc) is 2.46. The lowest BCUT2D eigenvalue weighted by Crippen LogP contribution is -2.43. The van der Waals surface area contributed by atoms with E-state index < -0.39 is 9.84 Å². The third kappa shape index (κ3) is 4.56. The van der Waals surface area contributed by atoms with Crippen molar-refractivity contribution >= 4 is 21.4 Å². The first-order valence-electron chi connectivity index (χ1n) is 7.01. The maximum absolute atomic E-state index is 13.7. The zero-order valence-electron chi connectivity index (χ0n) is 12.4. The van der Waals surface area contributed by atoms with Gasteiger partial charge in [0, 0.05) is 31.5 Å². The molecule has 0 radical (unpaired) electrons. The van der Waals surface area contributed by atoms with Crippen LogP contribution < -0.4 is 5.32 Å². The molecule has 0 saturated carbocycles. The lowest BCUT2D eigenvalue weighted by Gasteiger charge is -2.27. The number of urea groups is 1. The molecule has 5 nitrogen and oxygen atoms in total. The zero-order valence-corrected chi connectivity index (χ0v) is 13.2. The fourth-order valence-corrected chi connectivity index (χ4v) is 2.75. The highest BCUT2D eigenvalue weighted by atomic mass is 32.2. The minimum Gasteiger partial charge on any atom is -0.337 e. The Labute approximate surface area is 129 Å². The second-order valence-corrected chi connectivity index (χ2v) is 7.53. The molecule has 0 bridgehead atoms. The Balaban J connectivity index is 1.91. The van der Waals surface area contributed by atoms with Gasteiger partial charge in [0.25, 0.3) is 0 Å². The van der Waals surface area contributed by atoms with Crippen LogP contribution in [0.25, 0.3) is 5.57 Å². The molecular weight excluding hydrogens is 307 g/mol. The number of halogens is 1. The lowest BCUT2D eigenvalue weighted by molar-refractivity contribution is 0.204. The summed E-state index contributed by atoms with van der Waals surface area (Å²) in [5, 5.41) is 2.58. The molecule has 22 heavy (non-hydrogen) atoms. The van der Waals surface area contributed by atoms with E-state index in [1.807, 2.05) is 6.08 Å². The van der Waals surface area contributed by atoms with Crippen LogP contribution in [0.1, 0.15) is 12.0 Å². The number of hydrogen-bond donors (Lipinski definition) is 1. The highest BCUT2D eigenvalue weighted by Crippen LogP contribution is 2.24. The summed E-state index contributed by atoms with van der Waals surface area (Å²) in [5.74, 6) is -0.345. The van der Waals surface area contributed by atoms with Gasteiger partial charge in [-0.1, -0.05) is 24.3 Å². The largest absolute Gasteiger partial charge is 0.337 e. The number of carbonyl (C=O) groups is 1. The van der Waals surface area contributed by atoms with E-state index in [-0.39, 0.29) is 24.1 Å². The van der Waals surface area contributed by atoms with Crippen molar-refractivity contribution in [2.45, 2.75) is 6.42 Å². The summed E-state index contributed by atoms with van der Waals surface area (Å²) < 4.78 is 35.7. The van der Waals surface area contributed by atoms with E-state index in [0.717, 1.165) is 11.8 Å². The van der Waals surface area contributed by atoms with Crippen LogP contribution in [0.4, 0.5) is 9.18 Å². The molecule has 1 aliphatic heterocycles. The minimum atomic E-state index is -3.09. The second kappa shape index (κ2) is 6.91. The van der Waals surface area contributed by atoms with Crippen LogP contribution in [0.5, 0.6) is 0 Å². The van der Waals surface area contributed by atoms with Gasteiger partial charge in [-0.3, -0.25) is 0 Å². The number of sulfone groups is 1. The van der Waals surface area contributed by atoms with Gasteiger partial charge >= 0.3 is 6.03 Å². The summed E-state index contributed by atoms with van der Waals surface area (Å²) in [5.41, 5.74) is 1.46. The van der Waals surface area contributed by atoms with E-state index in [1.54, 1.807) is 23.1 Å². The minimum absolute atomic E-state index is 0.0805. The van der Waals surface area contributed by atoms with E-state index in [1.165, 1.54) is 6.07 Å². The van der Waals surface area contributed by atoms with Crippen molar-refractivity contribution in [3.8, 4) is 0 Å². The molecule has 0 fully saturated rings. The molecule has 1 aliphatic rings. The van der Waals surface area contributed by atoms with E-state index in [0.29, 0.717) is 25.1 Å². The highest BCUT2D eigenvalue weighted by molar-refractivity contribution is 7.90. The maximum Gasteiger partial charge on any atom is 0.317 e. The van der Waals surface area contributed by atoms with E-state index in [4.69, 9.17) is 0 Å². The molecule has 1 aromatic rings. The molecule has 1 heterocycles. The maximum atomic E-state index is 13.7. The van der Waals surface area contributed by atoms with E-state index in [9.17, 15) is 17.6 Å². The van der Waals surface area contributed by atoms with Crippen LogP contribution >= 0.6 is 0 Å². The summed E-state index contributed by atoms with van der Waals surface area (Å²) in [4.78, 5) is 13.5. The Morgan fingerprint density at radius 1 is 1.36 bits per heavy atom. The van der Waals surface area contributed by atoms with Crippen molar-refractivity contribution in [3.63, 3.8) is 0 Å². The molecule has 0 spiro atoms. The number of hydrogen-bond acceptors (Lipinski definition) is 3. The third-order valence-electron chi connectivity index (χ3n) is 3.47. The van der Waals surface area contributed by atoms with Gasteiger partial charge in [0.05, 0.1) is 5.75 Å². The number of carbonyl (C=O) groups excluding carboxylic acids is 1. The topological polar surface area (TPSA) is 66.5 Å². The summed E-state index contributed by atoms with van der Waals surface area (Å²) in [6.07, 6.45) is 3.53. The molecular formula is C15H19FN2O3S. The first-order valence-corrected chi connectivity index (χ1v) is 9.07. The summed E-state index contributed by atoms with van der Waals surface area (Å²) in [6.45, 7) is 0.956. The van der Waals surface area contributed by atoms with Gasteiger partial charge in [0.15, 0.2) is 0 Å².